The van der Waals surface area contributed by atoms with Crippen LogP contribution in [0.4, 0.5) is 15.8 Å². The van der Waals surface area contributed by atoms with Crippen LogP contribution < -0.4 is 10.6 Å². The van der Waals surface area contributed by atoms with Crippen LogP contribution in [0.1, 0.15) is 16.7 Å². The lowest BCUT2D eigenvalue weighted by atomic mass is 10.1. The van der Waals surface area contributed by atoms with Crippen molar-refractivity contribution in [3.8, 4) is 0 Å². The average molecular weight is 258 g/mol. The van der Waals surface area contributed by atoms with Crippen LogP contribution in [-0.4, -0.2) is 7.05 Å². The third-order valence-corrected chi connectivity index (χ3v) is 3.31. The second-order valence-electron chi connectivity index (χ2n) is 4.99. The first-order chi connectivity index (χ1) is 8.97. The minimum atomic E-state index is -0.267. The maximum atomic E-state index is 13.3. The first-order valence-corrected chi connectivity index (χ1v) is 6.29. The van der Waals surface area contributed by atoms with Gasteiger partial charge in [0.05, 0.1) is 11.4 Å². The zero-order valence-electron chi connectivity index (χ0n) is 11.6. The number of hydrogen-bond acceptors (Lipinski definition) is 2. The van der Waals surface area contributed by atoms with E-state index in [1.165, 1.54) is 28.8 Å². The minimum absolute atomic E-state index is 0.267. The highest BCUT2D eigenvalue weighted by Crippen LogP contribution is 2.25. The summed E-state index contributed by atoms with van der Waals surface area (Å²) in [4.78, 5) is 1.97. The first kappa shape index (κ1) is 13.4. The summed E-state index contributed by atoms with van der Waals surface area (Å²) in [5.41, 5.74) is 10.9. The van der Waals surface area contributed by atoms with Gasteiger partial charge in [-0.15, -0.1) is 0 Å². The standard InChI is InChI=1S/C16H19FN2/c1-11-4-5-13(12(2)8-11)10-19(3)16-9-14(17)6-7-15(16)18/h4-9H,10,18H2,1-3H3. The second kappa shape index (κ2) is 5.31. The van der Waals surface area contributed by atoms with E-state index >= 15 is 0 Å². The van der Waals surface area contributed by atoms with Gasteiger partial charge in [-0.05, 0) is 43.2 Å². The van der Waals surface area contributed by atoms with Crippen molar-refractivity contribution in [2.75, 3.05) is 17.7 Å². The molecule has 0 aliphatic carbocycles. The van der Waals surface area contributed by atoms with E-state index in [-0.39, 0.29) is 5.82 Å². The molecule has 0 saturated heterocycles. The van der Waals surface area contributed by atoms with Gasteiger partial charge in [-0.1, -0.05) is 23.8 Å². The van der Waals surface area contributed by atoms with Gasteiger partial charge in [0, 0.05) is 13.6 Å². The number of aryl methyl sites for hydroxylation is 2. The summed E-state index contributed by atoms with van der Waals surface area (Å²) < 4.78 is 13.3. The van der Waals surface area contributed by atoms with Crippen LogP contribution in [0.2, 0.25) is 0 Å². The molecule has 0 radical (unpaired) electrons. The maximum absolute atomic E-state index is 13.3. The number of anilines is 2. The molecule has 0 amide bonds. The summed E-state index contributed by atoms with van der Waals surface area (Å²) in [7, 11) is 1.92. The fraction of sp³-hybridized carbons (Fsp3) is 0.250. The van der Waals surface area contributed by atoms with Crippen molar-refractivity contribution in [3.63, 3.8) is 0 Å². The maximum Gasteiger partial charge on any atom is 0.125 e. The normalized spacial score (nSPS) is 10.5. The lowest BCUT2D eigenvalue weighted by molar-refractivity contribution is 0.627. The quantitative estimate of drug-likeness (QED) is 0.851. The number of rotatable bonds is 3. The van der Waals surface area contributed by atoms with Gasteiger partial charge in [-0.3, -0.25) is 0 Å². The van der Waals surface area contributed by atoms with Crippen molar-refractivity contribution in [3.05, 3.63) is 58.9 Å². The molecule has 2 aromatic carbocycles. The van der Waals surface area contributed by atoms with Crippen LogP contribution in [0.5, 0.6) is 0 Å². The van der Waals surface area contributed by atoms with E-state index in [0.29, 0.717) is 12.2 Å². The van der Waals surface area contributed by atoms with Gasteiger partial charge >= 0.3 is 0 Å². The molecule has 3 heteroatoms. The van der Waals surface area contributed by atoms with Crippen molar-refractivity contribution >= 4 is 11.4 Å². The third-order valence-electron chi connectivity index (χ3n) is 3.31. The van der Waals surface area contributed by atoms with E-state index < -0.39 is 0 Å². The predicted molar refractivity (Wildman–Crippen MR) is 78.8 cm³/mol. The fourth-order valence-electron chi connectivity index (χ4n) is 2.21. The Morgan fingerprint density at radius 3 is 2.53 bits per heavy atom. The molecular weight excluding hydrogens is 239 g/mol. The van der Waals surface area contributed by atoms with Gasteiger partial charge < -0.3 is 10.6 Å². The number of nitrogens with two attached hydrogens (primary N) is 1. The Kier molecular flexibility index (Phi) is 3.74. The minimum Gasteiger partial charge on any atom is -0.397 e. The van der Waals surface area contributed by atoms with Gasteiger partial charge in [0.15, 0.2) is 0 Å². The molecule has 2 nitrogen and oxygen atoms in total. The van der Waals surface area contributed by atoms with E-state index in [1.807, 2.05) is 11.9 Å². The van der Waals surface area contributed by atoms with Crippen LogP contribution in [0.15, 0.2) is 36.4 Å². The summed E-state index contributed by atoms with van der Waals surface area (Å²) in [6, 6.07) is 10.8. The second-order valence-corrected chi connectivity index (χ2v) is 4.99. The SMILES string of the molecule is Cc1ccc(CN(C)c2cc(F)ccc2N)c(C)c1. The molecule has 0 spiro atoms. The third kappa shape index (κ3) is 3.05. The number of nitrogens with zero attached hydrogens (tertiary/aromatic N) is 1. The van der Waals surface area contributed by atoms with Crippen LogP contribution in [0.25, 0.3) is 0 Å². The van der Waals surface area contributed by atoms with Crippen molar-refractivity contribution in [2.45, 2.75) is 20.4 Å². The van der Waals surface area contributed by atoms with E-state index in [9.17, 15) is 4.39 Å². The van der Waals surface area contributed by atoms with Crippen molar-refractivity contribution in [1.82, 2.24) is 0 Å². The Morgan fingerprint density at radius 2 is 1.84 bits per heavy atom. The molecule has 0 aromatic heterocycles. The summed E-state index contributed by atoms with van der Waals surface area (Å²) in [5.74, 6) is -0.267. The summed E-state index contributed by atoms with van der Waals surface area (Å²) in [6.45, 7) is 4.87. The van der Waals surface area contributed by atoms with Crippen LogP contribution in [0.3, 0.4) is 0 Å². The molecule has 2 aromatic rings. The summed E-state index contributed by atoms with van der Waals surface area (Å²) in [6.07, 6.45) is 0. The first-order valence-electron chi connectivity index (χ1n) is 6.29. The lowest BCUT2D eigenvalue weighted by Crippen LogP contribution is -2.18. The molecule has 0 fully saturated rings. The molecule has 0 saturated carbocycles. The Bertz CT molecular complexity index is 593. The van der Waals surface area contributed by atoms with Gasteiger partial charge in [-0.2, -0.15) is 0 Å². The Hall–Kier alpha value is -2.03. The molecule has 0 unspecified atom stereocenters. The van der Waals surface area contributed by atoms with Crippen molar-refractivity contribution in [2.24, 2.45) is 0 Å². The predicted octanol–water partition coefficient (Wildman–Crippen LogP) is 3.66. The number of benzene rings is 2. The van der Waals surface area contributed by atoms with Gasteiger partial charge in [0.2, 0.25) is 0 Å². The van der Waals surface area contributed by atoms with E-state index in [1.54, 1.807) is 6.07 Å². The molecule has 0 aliphatic rings. The summed E-state index contributed by atoms with van der Waals surface area (Å²) in [5, 5.41) is 0. The van der Waals surface area contributed by atoms with Crippen LogP contribution in [-0.2, 0) is 6.54 Å². The largest absolute Gasteiger partial charge is 0.397 e. The highest BCUT2D eigenvalue weighted by atomic mass is 19.1. The van der Waals surface area contributed by atoms with Crippen molar-refractivity contribution in [1.29, 1.82) is 0 Å². The van der Waals surface area contributed by atoms with Crippen LogP contribution >= 0.6 is 0 Å². The Labute approximate surface area is 113 Å². The molecule has 100 valence electrons. The molecule has 2 rings (SSSR count). The number of hydrogen-bond donors (Lipinski definition) is 1. The Balaban J connectivity index is 2.25. The van der Waals surface area contributed by atoms with Gasteiger partial charge in [-0.25, -0.2) is 4.39 Å². The monoisotopic (exact) mass is 258 g/mol. The molecular formula is C16H19FN2. The molecule has 2 N–H and O–H groups in total. The van der Waals surface area contributed by atoms with Crippen molar-refractivity contribution < 1.29 is 4.39 Å². The van der Waals surface area contributed by atoms with Gasteiger partial charge in [0.25, 0.3) is 0 Å². The molecule has 0 bridgehead atoms. The lowest BCUT2D eigenvalue weighted by Gasteiger charge is -2.22. The topological polar surface area (TPSA) is 29.3 Å². The summed E-state index contributed by atoms with van der Waals surface area (Å²) >= 11 is 0. The van der Waals surface area contributed by atoms with E-state index in [2.05, 4.69) is 32.0 Å². The highest BCUT2D eigenvalue weighted by Gasteiger charge is 2.09. The zero-order valence-corrected chi connectivity index (χ0v) is 11.6. The molecule has 0 atom stereocenters. The zero-order chi connectivity index (χ0) is 14.0. The average Bonchev–Trinajstić information content (AvgIpc) is 2.35. The van der Waals surface area contributed by atoms with Crippen LogP contribution in [0, 0.1) is 19.7 Å². The van der Waals surface area contributed by atoms with Gasteiger partial charge in [0.1, 0.15) is 5.82 Å². The Morgan fingerprint density at radius 1 is 1.11 bits per heavy atom. The van der Waals surface area contributed by atoms with E-state index in [0.717, 1.165) is 5.69 Å². The number of halogens is 1. The highest BCUT2D eigenvalue weighted by molar-refractivity contribution is 5.67. The number of nitrogen functional groups attached to an aromatic ring is 1. The van der Waals surface area contributed by atoms with E-state index in [4.69, 9.17) is 5.73 Å². The molecule has 19 heavy (non-hydrogen) atoms. The molecule has 0 aliphatic heterocycles. The fourth-order valence-corrected chi connectivity index (χ4v) is 2.21. The smallest absolute Gasteiger partial charge is 0.125 e. The molecule has 0 heterocycles.